The summed E-state index contributed by atoms with van der Waals surface area (Å²) in [6.07, 6.45) is 8.42. The quantitative estimate of drug-likeness (QED) is 0.607. The zero-order valence-electron chi connectivity index (χ0n) is 17.3. The first-order valence-electron chi connectivity index (χ1n) is 10.7. The molecule has 0 aliphatic carbocycles. The number of nitrogens with zero attached hydrogens (tertiary/aromatic N) is 6. The van der Waals surface area contributed by atoms with E-state index in [1.54, 1.807) is 17.0 Å². The monoisotopic (exact) mass is 412 g/mol. The molecule has 0 aromatic carbocycles. The fraction of sp³-hybridized carbons (Fsp3) is 0.600. The van der Waals surface area contributed by atoms with Gasteiger partial charge in [0.05, 0.1) is 12.8 Å². The maximum Gasteiger partial charge on any atom is 0.243 e. The van der Waals surface area contributed by atoms with Crippen molar-refractivity contribution < 1.29 is 9.47 Å². The SMILES string of the molecule is CCOCC1CCN(c2c(-c3cn[nH]c3)ncn3nc(NC4CCOCC4)nc23)C1. The molecule has 2 aliphatic rings. The Morgan fingerprint density at radius 1 is 1.30 bits per heavy atom. The van der Waals surface area contributed by atoms with Gasteiger partial charge in [-0.2, -0.15) is 14.6 Å². The highest BCUT2D eigenvalue weighted by atomic mass is 16.5. The van der Waals surface area contributed by atoms with Crippen LogP contribution in [0.1, 0.15) is 26.2 Å². The van der Waals surface area contributed by atoms with Crippen LogP contribution >= 0.6 is 0 Å². The summed E-state index contributed by atoms with van der Waals surface area (Å²) in [6.45, 7) is 6.99. The number of fused-ring (bicyclic) bond motifs is 1. The Morgan fingerprint density at radius 2 is 2.20 bits per heavy atom. The molecule has 0 saturated carbocycles. The van der Waals surface area contributed by atoms with Crippen LogP contribution in [0.15, 0.2) is 18.7 Å². The smallest absolute Gasteiger partial charge is 0.243 e. The molecule has 10 nitrogen and oxygen atoms in total. The van der Waals surface area contributed by atoms with Gasteiger partial charge >= 0.3 is 0 Å². The molecule has 10 heteroatoms. The van der Waals surface area contributed by atoms with Gasteiger partial charge < -0.3 is 19.7 Å². The van der Waals surface area contributed by atoms with Gasteiger partial charge in [0, 0.05) is 56.6 Å². The summed E-state index contributed by atoms with van der Waals surface area (Å²) in [5.41, 5.74) is 3.64. The van der Waals surface area contributed by atoms with E-state index in [0.29, 0.717) is 17.9 Å². The number of hydrogen-bond donors (Lipinski definition) is 2. The molecule has 1 unspecified atom stereocenters. The van der Waals surface area contributed by atoms with E-state index in [0.717, 1.165) is 81.4 Å². The zero-order valence-corrected chi connectivity index (χ0v) is 17.3. The molecule has 2 aliphatic heterocycles. The maximum atomic E-state index is 5.67. The van der Waals surface area contributed by atoms with E-state index in [2.05, 4.69) is 25.5 Å². The van der Waals surface area contributed by atoms with Crippen LogP contribution in [0, 0.1) is 5.92 Å². The highest BCUT2D eigenvalue weighted by Gasteiger charge is 2.29. The first-order chi connectivity index (χ1) is 14.8. The van der Waals surface area contributed by atoms with Gasteiger partial charge in [-0.1, -0.05) is 0 Å². The fourth-order valence-electron chi connectivity index (χ4n) is 4.27. The first kappa shape index (κ1) is 19.3. The summed E-state index contributed by atoms with van der Waals surface area (Å²) < 4.78 is 12.9. The molecule has 0 spiro atoms. The summed E-state index contributed by atoms with van der Waals surface area (Å²) >= 11 is 0. The van der Waals surface area contributed by atoms with E-state index in [4.69, 9.17) is 19.4 Å². The number of aromatic nitrogens is 6. The normalized spacial score (nSPS) is 20.3. The van der Waals surface area contributed by atoms with Crippen molar-refractivity contribution in [2.75, 3.05) is 49.7 Å². The van der Waals surface area contributed by atoms with Crippen LogP contribution in [0.3, 0.4) is 0 Å². The highest BCUT2D eigenvalue weighted by Crippen LogP contribution is 2.35. The molecule has 3 aromatic heterocycles. The standard InChI is InChI=1S/C20H28N8O2/c1-2-29-12-14-3-6-27(11-14)18-17(15-9-22-23-10-15)21-13-28-19(18)25-20(26-28)24-16-4-7-30-8-5-16/h9-10,13-14,16H,2-8,11-12H2,1H3,(H,22,23)(H,24,26). The summed E-state index contributed by atoms with van der Waals surface area (Å²) in [7, 11) is 0. The molecule has 2 N–H and O–H groups in total. The second-order valence-corrected chi connectivity index (χ2v) is 7.92. The predicted molar refractivity (Wildman–Crippen MR) is 113 cm³/mol. The van der Waals surface area contributed by atoms with E-state index in [1.165, 1.54) is 0 Å². The topological polar surface area (TPSA) is 105 Å². The van der Waals surface area contributed by atoms with Crippen LogP contribution in [0.25, 0.3) is 16.9 Å². The second kappa shape index (κ2) is 8.57. The maximum absolute atomic E-state index is 5.67. The molecule has 3 aromatic rings. The van der Waals surface area contributed by atoms with Crippen molar-refractivity contribution in [1.29, 1.82) is 0 Å². The van der Waals surface area contributed by atoms with Crippen molar-refractivity contribution in [2.45, 2.75) is 32.2 Å². The van der Waals surface area contributed by atoms with Crippen molar-refractivity contribution in [1.82, 2.24) is 29.8 Å². The van der Waals surface area contributed by atoms with E-state index >= 15 is 0 Å². The van der Waals surface area contributed by atoms with Crippen molar-refractivity contribution >= 4 is 17.3 Å². The van der Waals surface area contributed by atoms with Crippen LogP contribution in [-0.4, -0.2) is 75.3 Å². The van der Waals surface area contributed by atoms with Crippen LogP contribution in [0.2, 0.25) is 0 Å². The lowest BCUT2D eigenvalue weighted by Gasteiger charge is -2.22. The van der Waals surface area contributed by atoms with Gasteiger partial charge in [0.25, 0.3) is 0 Å². The van der Waals surface area contributed by atoms with Gasteiger partial charge in [-0.15, -0.1) is 5.10 Å². The van der Waals surface area contributed by atoms with Gasteiger partial charge in [0.2, 0.25) is 5.95 Å². The molecule has 5 heterocycles. The van der Waals surface area contributed by atoms with Gasteiger partial charge in [-0.05, 0) is 26.2 Å². The number of ether oxygens (including phenoxy) is 2. The Bertz CT molecular complexity index is 967. The molecule has 2 fully saturated rings. The van der Waals surface area contributed by atoms with Gasteiger partial charge in [0.1, 0.15) is 17.7 Å². The minimum Gasteiger partial charge on any atom is -0.381 e. The molecule has 1 atom stereocenters. The van der Waals surface area contributed by atoms with E-state index in [1.807, 2.05) is 13.1 Å². The molecule has 2 saturated heterocycles. The first-order valence-corrected chi connectivity index (χ1v) is 10.7. The summed E-state index contributed by atoms with van der Waals surface area (Å²) in [6, 6.07) is 0.336. The lowest BCUT2D eigenvalue weighted by molar-refractivity contribution is 0.0903. The predicted octanol–water partition coefficient (Wildman–Crippen LogP) is 1.97. The van der Waals surface area contributed by atoms with Crippen LogP contribution in [0.4, 0.5) is 11.6 Å². The highest BCUT2D eigenvalue weighted by molar-refractivity contribution is 5.85. The zero-order chi connectivity index (χ0) is 20.3. The van der Waals surface area contributed by atoms with E-state index in [-0.39, 0.29) is 0 Å². The van der Waals surface area contributed by atoms with E-state index in [9.17, 15) is 0 Å². The number of nitrogens with one attached hydrogen (secondary N) is 2. The molecular weight excluding hydrogens is 384 g/mol. The minimum absolute atomic E-state index is 0.336. The lowest BCUT2D eigenvalue weighted by Crippen LogP contribution is -2.28. The number of rotatable bonds is 7. The third-order valence-electron chi connectivity index (χ3n) is 5.85. The molecule has 160 valence electrons. The Morgan fingerprint density at radius 3 is 3.00 bits per heavy atom. The van der Waals surface area contributed by atoms with Crippen molar-refractivity contribution in [2.24, 2.45) is 5.92 Å². The summed E-state index contributed by atoms with van der Waals surface area (Å²) in [5, 5.41) is 15.1. The van der Waals surface area contributed by atoms with Crippen LogP contribution in [-0.2, 0) is 9.47 Å². The van der Waals surface area contributed by atoms with Gasteiger partial charge in [-0.25, -0.2) is 4.98 Å². The molecule has 0 bridgehead atoms. The molecule has 30 heavy (non-hydrogen) atoms. The van der Waals surface area contributed by atoms with Crippen molar-refractivity contribution in [3.63, 3.8) is 0 Å². The third kappa shape index (κ3) is 3.84. The van der Waals surface area contributed by atoms with Crippen molar-refractivity contribution in [3.05, 3.63) is 18.7 Å². The van der Waals surface area contributed by atoms with Crippen LogP contribution in [0.5, 0.6) is 0 Å². The molecule has 5 rings (SSSR count). The average molecular weight is 412 g/mol. The summed E-state index contributed by atoms with van der Waals surface area (Å²) in [5.74, 6) is 1.14. The average Bonchev–Trinajstić information content (AvgIpc) is 3.52. The fourth-order valence-corrected chi connectivity index (χ4v) is 4.27. The lowest BCUT2D eigenvalue weighted by atomic mass is 10.1. The molecule has 0 amide bonds. The van der Waals surface area contributed by atoms with Gasteiger partial charge in [-0.3, -0.25) is 5.10 Å². The molecular formula is C20H28N8O2. The van der Waals surface area contributed by atoms with E-state index < -0.39 is 0 Å². The Kier molecular flexibility index (Phi) is 5.50. The number of aromatic amines is 1. The largest absolute Gasteiger partial charge is 0.381 e. The second-order valence-electron chi connectivity index (χ2n) is 7.92. The van der Waals surface area contributed by atoms with Crippen molar-refractivity contribution in [3.8, 4) is 11.3 Å². The minimum atomic E-state index is 0.336. The Balaban J connectivity index is 1.49. The third-order valence-corrected chi connectivity index (χ3v) is 5.85. The summed E-state index contributed by atoms with van der Waals surface area (Å²) in [4.78, 5) is 11.9. The van der Waals surface area contributed by atoms with Crippen LogP contribution < -0.4 is 10.2 Å². The Labute approximate surface area is 175 Å². The number of hydrogen-bond acceptors (Lipinski definition) is 8. The van der Waals surface area contributed by atoms with Gasteiger partial charge in [0.15, 0.2) is 5.65 Å². The number of H-pyrrole nitrogens is 1. The number of anilines is 2. The Hall–Kier alpha value is -2.72. The molecule has 0 radical (unpaired) electrons.